The normalized spacial score (nSPS) is 16.8. The lowest BCUT2D eigenvalue weighted by Gasteiger charge is -2.22. The van der Waals surface area contributed by atoms with E-state index in [0.29, 0.717) is 36.1 Å². The lowest BCUT2D eigenvalue weighted by molar-refractivity contribution is 0.0944. The number of benzene rings is 1. The van der Waals surface area contributed by atoms with Gasteiger partial charge in [0.15, 0.2) is 11.5 Å². The minimum Gasteiger partial charge on any atom is -0.493 e. The summed E-state index contributed by atoms with van der Waals surface area (Å²) in [4.78, 5) is 12.2. The maximum Gasteiger partial charge on any atom is 0.251 e. The molecule has 1 aliphatic rings. The van der Waals surface area contributed by atoms with E-state index in [1.54, 1.807) is 31.4 Å². The Morgan fingerprint density at radius 1 is 1.48 bits per heavy atom. The molecule has 0 aliphatic carbocycles. The number of amides is 1. The number of hydrogen-bond donors (Lipinski definition) is 2. The third kappa shape index (κ3) is 5.77. The molecule has 2 rings (SSSR count). The van der Waals surface area contributed by atoms with Crippen molar-refractivity contribution in [1.29, 1.82) is 0 Å². The van der Waals surface area contributed by atoms with Gasteiger partial charge in [-0.1, -0.05) is 12.7 Å². The molecule has 1 aliphatic heterocycles. The summed E-state index contributed by atoms with van der Waals surface area (Å²) in [5.74, 6) is 1.58. The molecule has 0 bridgehead atoms. The van der Waals surface area contributed by atoms with Crippen molar-refractivity contribution in [2.45, 2.75) is 12.8 Å². The molecule has 128 valence electrons. The van der Waals surface area contributed by atoms with E-state index >= 15 is 0 Å². The first-order chi connectivity index (χ1) is 10.7. The van der Waals surface area contributed by atoms with E-state index in [0.717, 1.165) is 19.5 Å². The minimum atomic E-state index is -0.0841. The molecule has 0 aromatic heterocycles. The second kappa shape index (κ2) is 10.1. The van der Waals surface area contributed by atoms with Crippen LogP contribution >= 0.6 is 12.4 Å². The Morgan fingerprint density at radius 3 is 2.96 bits per heavy atom. The van der Waals surface area contributed by atoms with Crippen LogP contribution in [0.15, 0.2) is 30.9 Å². The molecule has 1 aromatic carbocycles. The lowest BCUT2D eigenvalue weighted by atomic mass is 9.99. The summed E-state index contributed by atoms with van der Waals surface area (Å²) in [5, 5.41) is 6.34. The fourth-order valence-electron chi connectivity index (χ4n) is 2.51. The highest BCUT2D eigenvalue weighted by atomic mass is 35.5. The van der Waals surface area contributed by atoms with Crippen LogP contribution in [0.5, 0.6) is 11.5 Å². The standard InChI is InChI=1S/C17H24N2O3.ClH/c1-3-9-22-15-7-6-14(10-16(15)21-2)17(20)19-12-13-5-4-8-18-11-13;/h3,6-7,10,13,18H,1,4-5,8-9,11-12H2,2H3,(H,19,20);1H. The summed E-state index contributed by atoms with van der Waals surface area (Å²) >= 11 is 0. The summed E-state index contributed by atoms with van der Waals surface area (Å²) in [5.41, 5.74) is 0.576. The monoisotopic (exact) mass is 340 g/mol. The van der Waals surface area contributed by atoms with Gasteiger partial charge >= 0.3 is 0 Å². The van der Waals surface area contributed by atoms with Crippen molar-refractivity contribution in [1.82, 2.24) is 10.6 Å². The number of halogens is 1. The van der Waals surface area contributed by atoms with Crippen LogP contribution in [-0.2, 0) is 0 Å². The molecule has 1 heterocycles. The largest absolute Gasteiger partial charge is 0.493 e. The van der Waals surface area contributed by atoms with Crippen LogP contribution in [0, 0.1) is 5.92 Å². The SMILES string of the molecule is C=CCOc1ccc(C(=O)NCC2CCCNC2)cc1OC.Cl. The number of ether oxygens (including phenoxy) is 2. The summed E-state index contributed by atoms with van der Waals surface area (Å²) in [6.45, 7) is 6.75. The number of nitrogens with one attached hydrogen (secondary N) is 2. The molecule has 6 heteroatoms. The van der Waals surface area contributed by atoms with Crippen molar-refractivity contribution in [2.75, 3.05) is 33.4 Å². The smallest absolute Gasteiger partial charge is 0.251 e. The molecule has 1 fully saturated rings. The van der Waals surface area contributed by atoms with Crippen LogP contribution in [0.1, 0.15) is 23.2 Å². The number of methoxy groups -OCH3 is 1. The first-order valence-corrected chi connectivity index (χ1v) is 7.65. The van der Waals surface area contributed by atoms with Gasteiger partial charge < -0.3 is 20.1 Å². The number of carbonyl (C=O) groups excluding carboxylic acids is 1. The molecule has 1 unspecified atom stereocenters. The third-order valence-corrected chi connectivity index (χ3v) is 3.73. The zero-order chi connectivity index (χ0) is 15.8. The summed E-state index contributed by atoms with van der Waals surface area (Å²) < 4.78 is 10.8. The summed E-state index contributed by atoms with van der Waals surface area (Å²) in [6, 6.07) is 5.20. The highest BCUT2D eigenvalue weighted by molar-refractivity contribution is 5.94. The molecular weight excluding hydrogens is 316 g/mol. The molecule has 0 spiro atoms. The second-order valence-corrected chi connectivity index (χ2v) is 5.39. The Balaban J connectivity index is 0.00000264. The van der Waals surface area contributed by atoms with Crippen LogP contribution in [0.2, 0.25) is 0 Å². The van der Waals surface area contributed by atoms with Crippen LogP contribution in [0.25, 0.3) is 0 Å². The van der Waals surface area contributed by atoms with E-state index in [-0.39, 0.29) is 18.3 Å². The van der Waals surface area contributed by atoms with Crippen molar-refractivity contribution in [3.8, 4) is 11.5 Å². The van der Waals surface area contributed by atoms with Crippen LogP contribution < -0.4 is 20.1 Å². The Labute approximate surface area is 143 Å². The Hall–Kier alpha value is -1.72. The van der Waals surface area contributed by atoms with Gasteiger partial charge in [0, 0.05) is 12.1 Å². The molecular formula is C17H25ClN2O3. The summed E-state index contributed by atoms with van der Waals surface area (Å²) in [6.07, 6.45) is 3.99. The van der Waals surface area contributed by atoms with E-state index < -0.39 is 0 Å². The Kier molecular flexibility index (Phi) is 8.51. The average molecular weight is 341 g/mol. The maximum absolute atomic E-state index is 12.2. The number of carbonyl (C=O) groups is 1. The van der Waals surface area contributed by atoms with Crippen LogP contribution in [0.3, 0.4) is 0 Å². The van der Waals surface area contributed by atoms with Crippen LogP contribution in [0.4, 0.5) is 0 Å². The van der Waals surface area contributed by atoms with Gasteiger partial charge in [-0.25, -0.2) is 0 Å². The average Bonchev–Trinajstić information content (AvgIpc) is 2.58. The number of piperidine rings is 1. The van der Waals surface area contributed by atoms with E-state index in [4.69, 9.17) is 9.47 Å². The van der Waals surface area contributed by atoms with E-state index in [1.165, 1.54) is 6.42 Å². The fraction of sp³-hybridized carbons (Fsp3) is 0.471. The second-order valence-electron chi connectivity index (χ2n) is 5.39. The van der Waals surface area contributed by atoms with Gasteiger partial charge in [-0.15, -0.1) is 12.4 Å². The van der Waals surface area contributed by atoms with E-state index in [9.17, 15) is 4.79 Å². The summed E-state index contributed by atoms with van der Waals surface area (Å²) in [7, 11) is 1.56. The van der Waals surface area contributed by atoms with Crippen molar-refractivity contribution in [3.63, 3.8) is 0 Å². The molecule has 1 amide bonds. The molecule has 2 N–H and O–H groups in total. The molecule has 1 aromatic rings. The highest BCUT2D eigenvalue weighted by Crippen LogP contribution is 2.28. The molecule has 1 saturated heterocycles. The molecule has 5 nitrogen and oxygen atoms in total. The van der Waals surface area contributed by atoms with E-state index in [2.05, 4.69) is 17.2 Å². The van der Waals surface area contributed by atoms with Crippen molar-refractivity contribution >= 4 is 18.3 Å². The highest BCUT2D eigenvalue weighted by Gasteiger charge is 2.15. The zero-order valence-electron chi connectivity index (χ0n) is 13.5. The maximum atomic E-state index is 12.2. The predicted molar refractivity (Wildman–Crippen MR) is 93.9 cm³/mol. The lowest BCUT2D eigenvalue weighted by Crippen LogP contribution is -2.38. The van der Waals surface area contributed by atoms with Crippen molar-refractivity contribution in [3.05, 3.63) is 36.4 Å². The van der Waals surface area contributed by atoms with Gasteiger partial charge in [0.05, 0.1) is 7.11 Å². The van der Waals surface area contributed by atoms with Gasteiger partial charge in [0.2, 0.25) is 0 Å². The molecule has 1 atom stereocenters. The fourth-order valence-corrected chi connectivity index (χ4v) is 2.51. The van der Waals surface area contributed by atoms with Crippen molar-refractivity contribution in [2.24, 2.45) is 5.92 Å². The van der Waals surface area contributed by atoms with Crippen molar-refractivity contribution < 1.29 is 14.3 Å². The van der Waals surface area contributed by atoms with Gasteiger partial charge in [-0.2, -0.15) is 0 Å². The van der Waals surface area contributed by atoms with Gasteiger partial charge in [0.25, 0.3) is 5.91 Å². The first kappa shape index (κ1) is 19.3. The van der Waals surface area contributed by atoms with Gasteiger partial charge in [-0.05, 0) is 50.0 Å². The predicted octanol–water partition coefficient (Wildman–Crippen LogP) is 2.41. The van der Waals surface area contributed by atoms with Gasteiger partial charge in [-0.3, -0.25) is 4.79 Å². The van der Waals surface area contributed by atoms with E-state index in [1.807, 2.05) is 0 Å². The molecule has 0 saturated carbocycles. The Morgan fingerprint density at radius 2 is 2.30 bits per heavy atom. The van der Waals surface area contributed by atoms with Gasteiger partial charge in [0.1, 0.15) is 6.61 Å². The Bertz CT molecular complexity index is 517. The minimum absolute atomic E-state index is 0. The topological polar surface area (TPSA) is 59.6 Å². The zero-order valence-corrected chi connectivity index (χ0v) is 14.3. The first-order valence-electron chi connectivity index (χ1n) is 7.65. The number of rotatable bonds is 7. The quantitative estimate of drug-likeness (QED) is 0.748. The number of hydrogen-bond acceptors (Lipinski definition) is 4. The molecule has 0 radical (unpaired) electrons. The third-order valence-electron chi connectivity index (χ3n) is 3.73. The molecule has 23 heavy (non-hydrogen) atoms. The van der Waals surface area contributed by atoms with Crippen LogP contribution in [-0.4, -0.2) is 39.3 Å².